The fourth-order valence-corrected chi connectivity index (χ4v) is 5.40. The molecule has 1 atom stereocenters. The molecule has 1 aliphatic carbocycles. The van der Waals surface area contributed by atoms with Crippen LogP contribution in [0.15, 0.2) is 36.4 Å². The average molecular weight is 579 g/mol. The van der Waals surface area contributed by atoms with E-state index >= 15 is 0 Å². The number of benzene rings is 2. The van der Waals surface area contributed by atoms with Crippen LogP contribution >= 0.6 is 34.8 Å². The van der Waals surface area contributed by atoms with Crippen molar-refractivity contribution in [3.63, 3.8) is 0 Å². The van der Waals surface area contributed by atoms with Gasteiger partial charge in [0.15, 0.2) is 0 Å². The van der Waals surface area contributed by atoms with Crippen LogP contribution in [0.2, 0.25) is 15.1 Å². The summed E-state index contributed by atoms with van der Waals surface area (Å²) in [6, 6.07) is 7.32. The van der Waals surface area contributed by atoms with Crippen LogP contribution in [0.3, 0.4) is 0 Å². The number of nitrogens with zero attached hydrogens (tertiary/aromatic N) is 2. The number of nitrogens with one attached hydrogen (secondary N) is 1. The first-order valence-corrected chi connectivity index (χ1v) is 14.3. The molecule has 1 fully saturated rings. The number of carbonyl (C=O) groups excluding carboxylic acids is 2. The number of anilines is 1. The Kier molecular flexibility index (Phi) is 9.49. The van der Waals surface area contributed by atoms with Gasteiger partial charge in [0, 0.05) is 12.6 Å². The first kappa shape index (κ1) is 28.5. The minimum absolute atomic E-state index is 0.0171. The van der Waals surface area contributed by atoms with E-state index in [1.165, 1.54) is 11.0 Å². The summed E-state index contributed by atoms with van der Waals surface area (Å²) in [5.41, 5.74) is 0.629. The first-order valence-electron chi connectivity index (χ1n) is 11.3. The average Bonchev–Trinajstić information content (AvgIpc) is 3.31. The van der Waals surface area contributed by atoms with Gasteiger partial charge in [0.2, 0.25) is 21.8 Å². The Morgan fingerprint density at radius 2 is 1.72 bits per heavy atom. The van der Waals surface area contributed by atoms with Gasteiger partial charge in [-0.25, -0.2) is 12.8 Å². The third kappa shape index (κ3) is 7.25. The highest BCUT2D eigenvalue weighted by Crippen LogP contribution is 2.26. The van der Waals surface area contributed by atoms with E-state index in [0.717, 1.165) is 48.4 Å². The van der Waals surface area contributed by atoms with Crippen LogP contribution in [-0.4, -0.2) is 50.0 Å². The van der Waals surface area contributed by atoms with Gasteiger partial charge >= 0.3 is 0 Å². The highest BCUT2D eigenvalue weighted by atomic mass is 35.5. The molecule has 0 heterocycles. The normalized spacial score (nSPS) is 14.9. The molecule has 3 rings (SSSR count). The summed E-state index contributed by atoms with van der Waals surface area (Å²) in [6.45, 7) is 0.944. The molecule has 0 spiro atoms. The highest BCUT2D eigenvalue weighted by Gasteiger charge is 2.31. The van der Waals surface area contributed by atoms with Gasteiger partial charge in [0.1, 0.15) is 18.4 Å². The summed E-state index contributed by atoms with van der Waals surface area (Å²) >= 11 is 18.0. The molecule has 2 amide bonds. The van der Waals surface area contributed by atoms with Crippen molar-refractivity contribution in [2.45, 2.75) is 51.2 Å². The molecule has 7 nitrogen and oxygen atoms in total. The number of carbonyl (C=O) groups is 2. The van der Waals surface area contributed by atoms with Crippen molar-refractivity contribution in [1.29, 1.82) is 0 Å². The molecule has 1 unspecified atom stereocenters. The van der Waals surface area contributed by atoms with Gasteiger partial charge in [-0.1, -0.05) is 53.7 Å². The van der Waals surface area contributed by atoms with E-state index in [2.05, 4.69) is 5.32 Å². The Balaban J connectivity index is 1.91. The lowest BCUT2D eigenvalue weighted by Crippen LogP contribution is -2.52. The molecule has 2 aromatic rings. The van der Waals surface area contributed by atoms with Gasteiger partial charge in [-0.2, -0.15) is 0 Å². The fourth-order valence-electron chi connectivity index (χ4n) is 4.06. The molecule has 12 heteroatoms. The van der Waals surface area contributed by atoms with Crippen LogP contribution in [0.1, 0.15) is 38.2 Å². The van der Waals surface area contributed by atoms with E-state index in [0.29, 0.717) is 10.6 Å². The Bertz CT molecular complexity index is 1240. The van der Waals surface area contributed by atoms with Crippen LogP contribution in [-0.2, 0) is 26.2 Å². The zero-order valence-electron chi connectivity index (χ0n) is 19.8. The Labute approximate surface area is 225 Å². The number of halogens is 4. The third-order valence-electron chi connectivity index (χ3n) is 6.08. The van der Waals surface area contributed by atoms with E-state index in [1.807, 2.05) is 0 Å². The summed E-state index contributed by atoms with van der Waals surface area (Å²) in [6.07, 6.45) is 4.71. The molecule has 1 saturated carbocycles. The molecule has 196 valence electrons. The second-order valence-electron chi connectivity index (χ2n) is 8.80. The van der Waals surface area contributed by atoms with E-state index in [9.17, 15) is 22.4 Å². The van der Waals surface area contributed by atoms with E-state index in [4.69, 9.17) is 34.8 Å². The van der Waals surface area contributed by atoms with E-state index in [1.54, 1.807) is 25.1 Å². The summed E-state index contributed by atoms with van der Waals surface area (Å²) in [5, 5.41) is 3.31. The highest BCUT2D eigenvalue weighted by molar-refractivity contribution is 7.92. The van der Waals surface area contributed by atoms with Crippen LogP contribution in [0.5, 0.6) is 0 Å². The summed E-state index contributed by atoms with van der Waals surface area (Å²) in [4.78, 5) is 27.9. The molecular formula is C24H27Cl3FN3O4S. The number of hydrogen-bond donors (Lipinski definition) is 1. The van der Waals surface area contributed by atoms with Crippen molar-refractivity contribution >= 4 is 62.3 Å². The van der Waals surface area contributed by atoms with Crippen molar-refractivity contribution in [2.75, 3.05) is 17.1 Å². The molecule has 0 aliphatic heterocycles. The lowest BCUT2D eigenvalue weighted by molar-refractivity contribution is -0.139. The molecule has 0 radical (unpaired) electrons. The number of hydrogen-bond acceptors (Lipinski definition) is 4. The van der Waals surface area contributed by atoms with Crippen LogP contribution in [0.25, 0.3) is 0 Å². The van der Waals surface area contributed by atoms with Gasteiger partial charge in [0.25, 0.3) is 0 Å². The largest absolute Gasteiger partial charge is 0.352 e. The lowest BCUT2D eigenvalue weighted by Gasteiger charge is -2.32. The smallest absolute Gasteiger partial charge is 0.244 e. The maximum Gasteiger partial charge on any atom is 0.244 e. The summed E-state index contributed by atoms with van der Waals surface area (Å²) < 4.78 is 39.6. The maximum atomic E-state index is 13.7. The third-order valence-corrected chi connectivity index (χ3v) is 8.25. The minimum Gasteiger partial charge on any atom is -0.352 e. The van der Waals surface area contributed by atoms with Gasteiger partial charge in [-0.3, -0.25) is 13.9 Å². The van der Waals surface area contributed by atoms with Gasteiger partial charge in [-0.05, 0) is 55.7 Å². The van der Waals surface area contributed by atoms with Crippen molar-refractivity contribution in [1.82, 2.24) is 10.2 Å². The van der Waals surface area contributed by atoms with Gasteiger partial charge in [0.05, 0.1) is 27.0 Å². The van der Waals surface area contributed by atoms with Crippen molar-refractivity contribution in [3.8, 4) is 0 Å². The standard InChI is InChI=1S/C24H27Cl3FN3O4S/c1-15(24(33)29-17-5-3-4-6-17)30(13-16-7-9-19(25)20(26)11-16)23(32)14-31(36(2,34)35)18-8-10-22(28)21(27)12-18/h7-12,15,17H,3-6,13-14H2,1-2H3,(H,29,33). The fraction of sp³-hybridized carbons (Fsp3) is 0.417. The lowest BCUT2D eigenvalue weighted by atomic mass is 10.1. The Morgan fingerprint density at radius 1 is 1.06 bits per heavy atom. The predicted molar refractivity (Wildman–Crippen MR) is 140 cm³/mol. The quantitative estimate of drug-likeness (QED) is 0.452. The van der Waals surface area contributed by atoms with E-state index < -0.39 is 34.3 Å². The summed E-state index contributed by atoms with van der Waals surface area (Å²) in [7, 11) is -3.96. The zero-order chi connectivity index (χ0) is 26.6. The topological polar surface area (TPSA) is 86.8 Å². The Hall–Kier alpha value is -2.07. The molecule has 36 heavy (non-hydrogen) atoms. The molecule has 1 aliphatic rings. The molecular weight excluding hydrogens is 552 g/mol. The van der Waals surface area contributed by atoms with E-state index in [-0.39, 0.29) is 34.2 Å². The maximum absolute atomic E-state index is 13.7. The van der Waals surface area contributed by atoms with Crippen LogP contribution < -0.4 is 9.62 Å². The van der Waals surface area contributed by atoms with Crippen molar-refractivity contribution < 1.29 is 22.4 Å². The minimum atomic E-state index is -3.96. The Morgan fingerprint density at radius 3 is 2.31 bits per heavy atom. The SMILES string of the molecule is CC(C(=O)NC1CCCC1)N(Cc1ccc(Cl)c(Cl)c1)C(=O)CN(c1ccc(F)c(Cl)c1)S(C)(=O)=O. The molecule has 0 aromatic heterocycles. The van der Waals surface area contributed by atoms with Crippen LogP contribution in [0.4, 0.5) is 10.1 Å². The number of rotatable bonds is 9. The summed E-state index contributed by atoms with van der Waals surface area (Å²) in [5.74, 6) is -1.70. The molecule has 0 saturated heterocycles. The molecule has 1 N–H and O–H groups in total. The second-order valence-corrected chi connectivity index (χ2v) is 11.9. The second kappa shape index (κ2) is 12.0. The van der Waals surface area contributed by atoms with Gasteiger partial charge in [-0.15, -0.1) is 0 Å². The number of sulfonamides is 1. The van der Waals surface area contributed by atoms with Crippen LogP contribution in [0, 0.1) is 5.82 Å². The molecule has 2 aromatic carbocycles. The number of amides is 2. The van der Waals surface area contributed by atoms with Gasteiger partial charge < -0.3 is 10.2 Å². The predicted octanol–water partition coefficient (Wildman–Crippen LogP) is 5.03. The van der Waals surface area contributed by atoms with Crippen molar-refractivity contribution in [3.05, 3.63) is 62.8 Å². The first-order chi connectivity index (χ1) is 16.9. The van der Waals surface area contributed by atoms with Crippen molar-refractivity contribution in [2.24, 2.45) is 0 Å². The molecule has 0 bridgehead atoms. The zero-order valence-corrected chi connectivity index (χ0v) is 22.9. The monoisotopic (exact) mass is 577 g/mol.